The quantitative estimate of drug-likeness (QED) is 0.710. The molecule has 0 aliphatic rings. The molecule has 16 heavy (non-hydrogen) atoms. The first-order chi connectivity index (χ1) is 7.61. The van der Waals surface area contributed by atoms with Gasteiger partial charge in [-0.05, 0) is 23.6 Å². The summed E-state index contributed by atoms with van der Waals surface area (Å²) >= 11 is 3.45. The molecule has 88 valence electrons. The molecule has 1 nitrogen and oxygen atoms in total. The first kappa shape index (κ1) is 13.5. The van der Waals surface area contributed by atoms with Crippen LogP contribution in [0.2, 0.25) is 0 Å². The van der Waals surface area contributed by atoms with Crippen molar-refractivity contribution in [2.45, 2.75) is 20.4 Å². The van der Waals surface area contributed by atoms with E-state index < -0.39 is 0 Å². The molecular weight excluding hydrogens is 262 g/mol. The van der Waals surface area contributed by atoms with Crippen LogP contribution in [-0.2, 0) is 6.54 Å². The maximum absolute atomic E-state index is 3.81. The molecule has 0 amide bonds. The van der Waals surface area contributed by atoms with Crippen LogP contribution < -0.4 is 0 Å². The number of hydrogen-bond donors (Lipinski definition) is 0. The fourth-order valence-electron chi connectivity index (χ4n) is 1.75. The molecule has 0 fully saturated rings. The highest BCUT2D eigenvalue weighted by molar-refractivity contribution is 9.10. The van der Waals surface area contributed by atoms with E-state index in [0.717, 1.165) is 24.1 Å². The van der Waals surface area contributed by atoms with Gasteiger partial charge in [0.05, 0.1) is 0 Å². The summed E-state index contributed by atoms with van der Waals surface area (Å²) in [7, 11) is 0. The van der Waals surface area contributed by atoms with Gasteiger partial charge in [0, 0.05) is 24.1 Å². The van der Waals surface area contributed by atoms with Crippen molar-refractivity contribution in [1.82, 2.24) is 4.90 Å². The minimum Gasteiger partial charge on any atom is -0.295 e. The van der Waals surface area contributed by atoms with Gasteiger partial charge >= 0.3 is 0 Å². The molecule has 0 unspecified atom stereocenters. The van der Waals surface area contributed by atoms with Gasteiger partial charge in [0.15, 0.2) is 0 Å². The maximum Gasteiger partial charge on any atom is 0.0237 e. The molecule has 0 atom stereocenters. The van der Waals surface area contributed by atoms with Crippen molar-refractivity contribution >= 4 is 15.9 Å². The maximum atomic E-state index is 3.81. The van der Waals surface area contributed by atoms with Crippen molar-refractivity contribution in [2.24, 2.45) is 5.92 Å². The van der Waals surface area contributed by atoms with Gasteiger partial charge in [-0.3, -0.25) is 4.90 Å². The van der Waals surface area contributed by atoms with Crippen molar-refractivity contribution in [3.8, 4) is 0 Å². The Kier molecular flexibility index (Phi) is 5.78. The molecule has 0 aromatic heterocycles. The Bertz CT molecular complexity index is 316. The Morgan fingerprint density at radius 1 is 1.31 bits per heavy atom. The summed E-state index contributed by atoms with van der Waals surface area (Å²) in [6.45, 7) is 11.4. The van der Waals surface area contributed by atoms with Crippen LogP contribution in [0.4, 0.5) is 0 Å². The van der Waals surface area contributed by atoms with E-state index in [0.29, 0.717) is 5.92 Å². The van der Waals surface area contributed by atoms with Crippen LogP contribution >= 0.6 is 15.9 Å². The summed E-state index contributed by atoms with van der Waals surface area (Å²) in [6, 6.07) is 8.52. The van der Waals surface area contributed by atoms with Crippen LogP contribution in [0.15, 0.2) is 41.4 Å². The van der Waals surface area contributed by atoms with Gasteiger partial charge in [-0.15, -0.1) is 6.58 Å². The Morgan fingerprint density at radius 2 is 1.94 bits per heavy atom. The van der Waals surface area contributed by atoms with Gasteiger partial charge in [-0.2, -0.15) is 0 Å². The molecule has 1 aromatic rings. The van der Waals surface area contributed by atoms with Crippen LogP contribution in [0.5, 0.6) is 0 Å². The second-order valence-corrected chi connectivity index (χ2v) is 5.42. The molecular formula is C14H20BrN. The first-order valence-corrected chi connectivity index (χ1v) is 6.49. The molecule has 1 rings (SSSR count). The second-order valence-electron chi connectivity index (χ2n) is 4.50. The lowest BCUT2D eigenvalue weighted by atomic mass is 10.1. The standard InChI is InChI=1S/C14H20BrN/c1-4-9-16(10-12(2)3)11-13-5-7-14(15)8-6-13/h4-8,12H,1,9-11H2,2-3H3. The van der Waals surface area contributed by atoms with Crippen LogP contribution in [0.3, 0.4) is 0 Å². The number of rotatable bonds is 6. The Balaban J connectivity index is 2.59. The molecule has 0 aliphatic heterocycles. The van der Waals surface area contributed by atoms with E-state index in [2.05, 4.69) is 65.5 Å². The fourth-order valence-corrected chi connectivity index (χ4v) is 2.01. The van der Waals surface area contributed by atoms with Crippen molar-refractivity contribution in [2.75, 3.05) is 13.1 Å². The SMILES string of the molecule is C=CCN(Cc1ccc(Br)cc1)CC(C)C. The first-order valence-electron chi connectivity index (χ1n) is 5.69. The highest BCUT2D eigenvalue weighted by Gasteiger charge is 2.06. The normalized spacial score (nSPS) is 11.1. The van der Waals surface area contributed by atoms with Gasteiger partial charge in [-0.25, -0.2) is 0 Å². The molecule has 0 bridgehead atoms. The Morgan fingerprint density at radius 3 is 2.44 bits per heavy atom. The van der Waals surface area contributed by atoms with Crippen molar-refractivity contribution in [3.05, 3.63) is 47.0 Å². The predicted octanol–water partition coefficient (Wildman–Crippen LogP) is 4.09. The van der Waals surface area contributed by atoms with E-state index in [1.807, 2.05) is 6.08 Å². The minimum absolute atomic E-state index is 0.690. The zero-order valence-corrected chi connectivity index (χ0v) is 11.7. The van der Waals surface area contributed by atoms with Crippen LogP contribution in [0.25, 0.3) is 0 Å². The summed E-state index contributed by atoms with van der Waals surface area (Å²) < 4.78 is 1.13. The number of halogens is 1. The topological polar surface area (TPSA) is 3.24 Å². The Labute approximate surface area is 107 Å². The summed E-state index contributed by atoms with van der Waals surface area (Å²) in [4.78, 5) is 2.42. The smallest absolute Gasteiger partial charge is 0.0237 e. The van der Waals surface area contributed by atoms with Gasteiger partial charge < -0.3 is 0 Å². The minimum atomic E-state index is 0.690. The molecule has 2 heteroatoms. The highest BCUT2D eigenvalue weighted by atomic mass is 79.9. The third-order valence-corrected chi connectivity index (χ3v) is 2.86. The number of benzene rings is 1. The molecule has 0 heterocycles. The molecule has 1 aromatic carbocycles. The van der Waals surface area contributed by atoms with Crippen LogP contribution in [-0.4, -0.2) is 18.0 Å². The average Bonchev–Trinajstić information content (AvgIpc) is 2.21. The van der Waals surface area contributed by atoms with Crippen LogP contribution in [0, 0.1) is 5.92 Å². The monoisotopic (exact) mass is 281 g/mol. The molecule has 0 spiro atoms. The van der Waals surface area contributed by atoms with Crippen molar-refractivity contribution in [1.29, 1.82) is 0 Å². The predicted molar refractivity (Wildman–Crippen MR) is 74.5 cm³/mol. The van der Waals surface area contributed by atoms with Crippen LogP contribution in [0.1, 0.15) is 19.4 Å². The van der Waals surface area contributed by atoms with Gasteiger partial charge in [0.2, 0.25) is 0 Å². The lowest BCUT2D eigenvalue weighted by Gasteiger charge is -2.22. The summed E-state index contributed by atoms with van der Waals surface area (Å²) in [6.07, 6.45) is 1.97. The molecule has 0 saturated heterocycles. The summed E-state index contributed by atoms with van der Waals surface area (Å²) in [5.74, 6) is 0.690. The highest BCUT2D eigenvalue weighted by Crippen LogP contribution is 2.13. The lowest BCUT2D eigenvalue weighted by molar-refractivity contribution is 0.261. The van der Waals surface area contributed by atoms with E-state index in [4.69, 9.17) is 0 Å². The Hall–Kier alpha value is -0.600. The largest absolute Gasteiger partial charge is 0.295 e. The van der Waals surface area contributed by atoms with Crippen molar-refractivity contribution in [3.63, 3.8) is 0 Å². The second kappa shape index (κ2) is 6.87. The molecule has 0 radical (unpaired) electrons. The zero-order valence-electron chi connectivity index (χ0n) is 10.1. The third kappa shape index (κ3) is 4.95. The lowest BCUT2D eigenvalue weighted by Crippen LogP contribution is -2.27. The van der Waals surface area contributed by atoms with E-state index in [1.165, 1.54) is 5.56 Å². The number of hydrogen-bond acceptors (Lipinski definition) is 1. The van der Waals surface area contributed by atoms with Crippen molar-refractivity contribution < 1.29 is 0 Å². The van der Waals surface area contributed by atoms with E-state index in [9.17, 15) is 0 Å². The van der Waals surface area contributed by atoms with E-state index >= 15 is 0 Å². The van der Waals surface area contributed by atoms with E-state index in [1.54, 1.807) is 0 Å². The van der Waals surface area contributed by atoms with Gasteiger partial charge in [0.1, 0.15) is 0 Å². The third-order valence-electron chi connectivity index (χ3n) is 2.33. The van der Waals surface area contributed by atoms with Gasteiger partial charge in [0.25, 0.3) is 0 Å². The summed E-state index contributed by atoms with van der Waals surface area (Å²) in [5.41, 5.74) is 1.35. The fraction of sp³-hybridized carbons (Fsp3) is 0.429. The number of nitrogens with zero attached hydrogens (tertiary/aromatic N) is 1. The zero-order chi connectivity index (χ0) is 12.0. The van der Waals surface area contributed by atoms with E-state index in [-0.39, 0.29) is 0 Å². The summed E-state index contributed by atoms with van der Waals surface area (Å²) in [5, 5.41) is 0. The molecule has 0 N–H and O–H groups in total. The molecule has 0 saturated carbocycles. The average molecular weight is 282 g/mol. The van der Waals surface area contributed by atoms with Gasteiger partial charge in [-0.1, -0.05) is 48.0 Å². The molecule has 0 aliphatic carbocycles.